The first-order valence-electron chi connectivity index (χ1n) is 7.98. The number of hydrogen-bond acceptors (Lipinski definition) is 3. The topological polar surface area (TPSA) is 61.4 Å². The van der Waals surface area contributed by atoms with Crippen LogP contribution in [0.25, 0.3) is 0 Å². The zero-order valence-corrected chi connectivity index (χ0v) is 15.0. The number of benzene rings is 1. The molecule has 1 fully saturated rings. The minimum atomic E-state index is -0.771. The smallest absolute Gasteiger partial charge is 0.220 e. The highest BCUT2D eigenvalue weighted by Gasteiger charge is 2.22. The van der Waals surface area contributed by atoms with E-state index in [1.54, 1.807) is 12.1 Å². The molecule has 1 aromatic carbocycles. The molecule has 1 aliphatic rings. The standard InChI is InChI=1S/C17H25ClN2O2.ClH/c1-12(13-6-8-19-9-7-13)10-17(22)20-11-16(21)14-4-2-3-5-15(14)18;/h2-5,12-13,16,19,21H,6-11H2,1H3,(H,20,22);1H. The number of rotatable bonds is 6. The monoisotopic (exact) mass is 360 g/mol. The molecule has 23 heavy (non-hydrogen) atoms. The molecule has 1 amide bonds. The number of halogens is 2. The van der Waals surface area contributed by atoms with E-state index < -0.39 is 6.10 Å². The SMILES string of the molecule is CC(CC(=O)NCC(O)c1ccccc1Cl)C1CCNCC1.Cl. The first-order chi connectivity index (χ1) is 10.6. The van der Waals surface area contributed by atoms with E-state index >= 15 is 0 Å². The second kappa shape index (κ2) is 10.1. The van der Waals surface area contributed by atoms with Crippen LogP contribution in [0.15, 0.2) is 24.3 Å². The molecule has 2 rings (SSSR count). The number of carbonyl (C=O) groups excluding carboxylic acids is 1. The maximum atomic E-state index is 12.0. The molecule has 0 aromatic heterocycles. The molecule has 0 aliphatic carbocycles. The fourth-order valence-corrected chi connectivity index (χ4v) is 3.27. The van der Waals surface area contributed by atoms with Gasteiger partial charge in [-0.2, -0.15) is 0 Å². The van der Waals surface area contributed by atoms with Crippen molar-refractivity contribution in [2.24, 2.45) is 11.8 Å². The van der Waals surface area contributed by atoms with Crippen molar-refractivity contribution in [1.82, 2.24) is 10.6 Å². The Hall–Kier alpha value is -0.810. The van der Waals surface area contributed by atoms with Gasteiger partial charge < -0.3 is 15.7 Å². The predicted octanol–water partition coefficient (Wildman–Crippen LogP) is 2.94. The third kappa shape index (κ3) is 6.30. The number of aliphatic hydroxyl groups is 1. The normalized spacial score (nSPS) is 17.9. The van der Waals surface area contributed by atoms with E-state index in [0.717, 1.165) is 25.9 Å². The summed E-state index contributed by atoms with van der Waals surface area (Å²) in [5, 5.41) is 16.8. The van der Waals surface area contributed by atoms with E-state index in [1.165, 1.54) is 0 Å². The average Bonchev–Trinajstić information content (AvgIpc) is 2.54. The van der Waals surface area contributed by atoms with E-state index in [2.05, 4.69) is 17.6 Å². The molecule has 130 valence electrons. The number of piperidine rings is 1. The minimum absolute atomic E-state index is 0. The van der Waals surface area contributed by atoms with Crippen LogP contribution in [-0.2, 0) is 4.79 Å². The van der Waals surface area contributed by atoms with Crippen molar-refractivity contribution >= 4 is 29.9 Å². The van der Waals surface area contributed by atoms with Gasteiger partial charge in [-0.1, -0.05) is 36.7 Å². The van der Waals surface area contributed by atoms with Gasteiger partial charge in [-0.25, -0.2) is 0 Å². The summed E-state index contributed by atoms with van der Waals surface area (Å²) in [6, 6.07) is 7.15. The fourth-order valence-electron chi connectivity index (χ4n) is 3.01. The Morgan fingerprint density at radius 2 is 2.04 bits per heavy atom. The van der Waals surface area contributed by atoms with Crippen molar-refractivity contribution in [2.45, 2.75) is 32.3 Å². The highest BCUT2D eigenvalue weighted by Crippen LogP contribution is 2.25. The second-order valence-electron chi connectivity index (χ2n) is 6.11. The Morgan fingerprint density at radius 3 is 2.70 bits per heavy atom. The molecule has 1 aromatic rings. The van der Waals surface area contributed by atoms with Gasteiger partial charge in [0.25, 0.3) is 0 Å². The Morgan fingerprint density at radius 1 is 1.39 bits per heavy atom. The third-order valence-corrected chi connectivity index (χ3v) is 4.80. The maximum Gasteiger partial charge on any atom is 0.220 e. The summed E-state index contributed by atoms with van der Waals surface area (Å²) in [6.07, 6.45) is 2.01. The lowest BCUT2D eigenvalue weighted by Crippen LogP contribution is -2.34. The van der Waals surface area contributed by atoms with Crippen LogP contribution in [0.1, 0.15) is 37.9 Å². The summed E-state index contributed by atoms with van der Waals surface area (Å²) in [4.78, 5) is 12.0. The molecular weight excluding hydrogens is 335 g/mol. The van der Waals surface area contributed by atoms with Crippen LogP contribution in [0.2, 0.25) is 5.02 Å². The van der Waals surface area contributed by atoms with Crippen LogP contribution in [0.5, 0.6) is 0 Å². The van der Waals surface area contributed by atoms with E-state index in [4.69, 9.17) is 11.6 Å². The summed E-state index contributed by atoms with van der Waals surface area (Å²) in [7, 11) is 0. The Bertz CT molecular complexity index is 493. The average molecular weight is 361 g/mol. The maximum absolute atomic E-state index is 12.0. The third-order valence-electron chi connectivity index (χ3n) is 4.45. The van der Waals surface area contributed by atoms with Crippen LogP contribution in [0, 0.1) is 11.8 Å². The lowest BCUT2D eigenvalue weighted by molar-refractivity contribution is -0.122. The fraction of sp³-hybridized carbons (Fsp3) is 0.588. The molecule has 2 atom stereocenters. The largest absolute Gasteiger partial charge is 0.387 e. The second-order valence-corrected chi connectivity index (χ2v) is 6.52. The molecule has 3 N–H and O–H groups in total. The summed E-state index contributed by atoms with van der Waals surface area (Å²) >= 11 is 6.04. The van der Waals surface area contributed by atoms with Crippen LogP contribution >= 0.6 is 24.0 Å². The summed E-state index contributed by atoms with van der Waals surface area (Å²) in [5.74, 6) is 0.984. The molecule has 1 aliphatic heterocycles. The highest BCUT2D eigenvalue weighted by atomic mass is 35.5. The van der Waals surface area contributed by atoms with Crippen LogP contribution in [-0.4, -0.2) is 30.6 Å². The van der Waals surface area contributed by atoms with Crippen molar-refractivity contribution in [2.75, 3.05) is 19.6 Å². The molecule has 2 unspecified atom stereocenters. The van der Waals surface area contributed by atoms with Gasteiger partial charge in [-0.3, -0.25) is 4.79 Å². The van der Waals surface area contributed by atoms with Gasteiger partial charge in [0.1, 0.15) is 0 Å². The van der Waals surface area contributed by atoms with E-state index in [0.29, 0.717) is 28.8 Å². The quantitative estimate of drug-likeness (QED) is 0.730. The van der Waals surface area contributed by atoms with Crippen molar-refractivity contribution in [1.29, 1.82) is 0 Å². The zero-order chi connectivity index (χ0) is 15.9. The number of hydrogen-bond donors (Lipinski definition) is 3. The summed E-state index contributed by atoms with van der Waals surface area (Å²) in [6.45, 7) is 4.42. The zero-order valence-electron chi connectivity index (χ0n) is 13.4. The van der Waals surface area contributed by atoms with Gasteiger partial charge in [-0.15, -0.1) is 12.4 Å². The summed E-state index contributed by atoms with van der Waals surface area (Å²) in [5.41, 5.74) is 0.649. The van der Waals surface area contributed by atoms with E-state index in [9.17, 15) is 9.90 Å². The molecule has 1 saturated heterocycles. The van der Waals surface area contributed by atoms with Gasteiger partial charge in [0, 0.05) is 23.6 Å². The van der Waals surface area contributed by atoms with Crippen LogP contribution in [0.3, 0.4) is 0 Å². The minimum Gasteiger partial charge on any atom is -0.387 e. The van der Waals surface area contributed by atoms with Gasteiger partial charge in [-0.05, 0) is 43.8 Å². The lowest BCUT2D eigenvalue weighted by atomic mass is 9.84. The van der Waals surface area contributed by atoms with Crippen molar-refractivity contribution < 1.29 is 9.90 Å². The van der Waals surface area contributed by atoms with E-state index in [-0.39, 0.29) is 24.9 Å². The molecule has 0 saturated carbocycles. The van der Waals surface area contributed by atoms with Crippen molar-refractivity contribution in [3.63, 3.8) is 0 Å². The van der Waals surface area contributed by atoms with E-state index in [1.807, 2.05) is 12.1 Å². The molecule has 0 bridgehead atoms. The van der Waals surface area contributed by atoms with Crippen molar-refractivity contribution in [3.05, 3.63) is 34.9 Å². The van der Waals surface area contributed by atoms with Gasteiger partial charge >= 0.3 is 0 Å². The Labute approximate surface area is 149 Å². The molecule has 4 nitrogen and oxygen atoms in total. The van der Waals surface area contributed by atoms with Crippen molar-refractivity contribution in [3.8, 4) is 0 Å². The lowest BCUT2D eigenvalue weighted by Gasteiger charge is -2.28. The number of aliphatic hydroxyl groups excluding tert-OH is 1. The Balaban J connectivity index is 0.00000264. The predicted molar refractivity (Wildman–Crippen MR) is 96.0 cm³/mol. The summed E-state index contributed by atoms with van der Waals surface area (Å²) < 4.78 is 0. The first kappa shape index (κ1) is 20.2. The molecular formula is C17H26Cl2N2O2. The van der Waals surface area contributed by atoms with Crippen LogP contribution < -0.4 is 10.6 Å². The first-order valence-corrected chi connectivity index (χ1v) is 8.35. The molecule has 0 spiro atoms. The number of amides is 1. The van der Waals surface area contributed by atoms with Crippen LogP contribution in [0.4, 0.5) is 0 Å². The Kier molecular flexibility index (Phi) is 8.92. The molecule has 6 heteroatoms. The van der Waals surface area contributed by atoms with Gasteiger partial charge in [0.05, 0.1) is 6.10 Å². The van der Waals surface area contributed by atoms with Gasteiger partial charge in [0.15, 0.2) is 0 Å². The molecule has 1 heterocycles. The molecule has 0 radical (unpaired) electrons. The van der Waals surface area contributed by atoms with Gasteiger partial charge in [0.2, 0.25) is 5.91 Å². The number of carbonyl (C=O) groups is 1. The number of nitrogens with one attached hydrogen (secondary N) is 2. The highest BCUT2D eigenvalue weighted by molar-refractivity contribution is 6.31.